The molecule has 1 aliphatic rings. The Morgan fingerprint density at radius 2 is 1.16 bits per heavy atom. The van der Waals surface area contributed by atoms with Gasteiger partial charge in [0.1, 0.15) is 5.76 Å². The molecule has 0 spiro atoms. The average Bonchev–Trinajstić information content (AvgIpc) is 2.96. The van der Waals surface area contributed by atoms with Crippen LogP contribution in [0.4, 0.5) is 0 Å². The average molecular weight is 456 g/mol. The molecular weight excluding hydrogens is 444 g/mol. The van der Waals surface area contributed by atoms with E-state index in [1.54, 1.807) is 6.07 Å². The maximum Gasteiger partial charge on any atom is 0.344 e. The summed E-state index contributed by atoms with van der Waals surface area (Å²) < 4.78 is 7.68. The quantitative estimate of drug-likeness (QED) is 0.424. The molecule has 25 heavy (non-hydrogen) atoms. The van der Waals surface area contributed by atoms with Crippen molar-refractivity contribution in [1.29, 1.82) is 0 Å². The van der Waals surface area contributed by atoms with Crippen LogP contribution in [0.1, 0.15) is 27.0 Å². The lowest BCUT2D eigenvalue weighted by Crippen LogP contribution is -1.96. The van der Waals surface area contributed by atoms with Crippen LogP contribution >= 0.6 is 31.9 Å². The van der Waals surface area contributed by atoms with E-state index in [2.05, 4.69) is 31.9 Å². The Hall–Kier alpha value is -2.17. The van der Waals surface area contributed by atoms with Crippen LogP contribution in [0.15, 0.2) is 81.7 Å². The standard InChI is InChI=1S/C21H12Br2O2/c22-15-9-5-13(6-10-15)19(14-7-11-16(23)12-8-14)20-17-3-1-2-4-18(17)21(24)25-20/h1-12H. The number of benzene rings is 3. The minimum Gasteiger partial charge on any atom is -0.422 e. The van der Waals surface area contributed by atoms with Gasteiger partial charge in [0.2, 0.25) is 0 Å². The number of rotatable bonds is 2. The lowest BCUT2D eigenvalue weighted by atomic mass is 9.94. The summed E-state index contributed by atoms with van der Waals surface area (Å²) >= 11 is 6.94. The molecule has 0 saturated carbocycles. The van der Waals surface area contributed by atoms with E-state index in [-0.39, 0.29) is 5.97 Å². The fourth-order valence-electron chi connectivity index (χ4n) is 2.91. The second-order valence-electron chi connectivity index (χ2n) is 5.65. The van der Waals surface area contributed by atoms with Crippen molar-refractivity contribution in [3.63, 3.8) is 0 Å². The summed E-state index contributed by atoms with van der Waals surface area (Å²) in [5.41, 5.74) is 4.31. The predicted molar refractivity (Wildman–Crippen MR) is 106 cm³/mol. The van der Waals surface area contributed by atoms with E-state index in [0.29, 0.717) is 11.3 Å². The van der Waals surface area contributed by atoms with Crippen molar-refractivity contribution in [2.24, 2.45) is 0 Å². The topological polar surface area (TPSA) is 26.3 Å². The molecule has 0 amide bonds. The lowest BCUT2D eigenvalue weighted by Gasteiger charge is -2.13. The van der Waals surface area contributed by atoms with Crippen LogP contribution in [-0.2, 0) is 4.74 Å². The van der Waals surface area contributed by atoms with Gasteiger partial charge in [-0.2, -0.15) is 0 Å². The molecule has 3 aromatic carbocycles. The summed E-state index contributed by atoms with van der Waals surface area (Å²) in [7, 11) is 0. The zero-order valence-corrected chi connectivity index (χ0v) is 16.2. The summed E-state index contributed by atoms with van der Waals surface area (Å²) in [5, 5.41) is 0. The zero-order chi connectivity index (χ0) is 17.4. The van der Waals surface area contributed by atoms with Gasteiger partial charge < -0.3 is 4.74 Å². The molecular formula is C21H12Br2O2. The summed E-state index contributed by atoms with van der Waals surface area (Å²) in [4.78, 5) is 12.3. The summed E-state index contributed by atoms with van der Waals surface area (Å²) in [6.07, 6.45) is 0. The highest BCUT2D eigenvalue weighted by molar-refractivity contribution is 9.10. The highest BCUT2D eigenvalue weighted by atomic mass is 79.9. The van der Waals surface area contributed by atoms with Crippen molar-refractivity contribution < 1.29 is 9.53 Å². The maximum absolute atomic E-state index is 12.3. The minimum atomic E-state index is -0.308. The third kappa shape index (κ3) is 3.08. The van der Waals surface area contributed by atoms with Crippen LogP contribution in [0.5, 0.6) is 0 Å². The molecule has 0 saturated heterocycles. The lowest BCUT2D eigenvalue weighted by molar-refractivity contribution is 0.0716. The van der Waals surface area contributed by atoms with Gasteiger partial charge in [-0.15, -0.1) is 0 Å². The van der Waals surface area contributed by atoms with Gasteiger partial charge in [-0.05, 0) is 41.5 Å². The molecule has 1 heterocycles. The Kier molecular flexibility index (Phi) is 4.32. The summed E-state index contributed by atoms with van der Waals surface area (Å²) in [6.45, 7) is 0. The van der Waals surface area contributed by atoms with Gasteiger partial charge in [-0.1, -0.05) is 74.3 Å². The normalized spacial score (nSPS) is 12.7. The number of hydrogen-bond donors (Lipinski definition) is 0. The number of halogens is 2. The molecule has 0 fully saturated rings. The van der Waals surface area contributed by atoms with Crippen molar-refractivity contribution >= 4 is 49.2 Å². The number of carbonyl (C=O) groups is 1. The predicted octanol–water partition coefficient (Wildman–Crippen LogP) is 6.30. The third-order valence-electron chi connectivity index (χ3n) is 4.08. The molecule has 4 heteroatoms. The first-order valence-corrected chi connectivity index (χ1v) is 9.30. The Balaban J connectivity index is 2.00. The van der Waals surface area contributed by atoms with Crippen LogP contribution in [0, 0.1) is 0 Å². The van der Waals surface area contributed by atoms with Crippen LogP contribution in [0.2, 0.25) is 0 Å². The Labute approximate surface area is 162 Å². The number of carbonyl (C=O) groups excluding carboxylic acids is 1. The smallest absolute Gasteiger partial charge is 0.344 e. The molecule has 0 aliphatic carbocycles. The van der Waals surface area contributed by atoms with Crippen molar-refractivity contribution in [2.45, 2.75) is 0 Å². The molecule has 0 bridgehead atoms. The molecule has 1 aliphatic heterocycles. The molecule has 3 aromatic rings. The SMILES string of the molecule is O=C1OC(=C(c2ccc(Br)cc2)c2ccc(Br)cc2)c2ccccc21. The van der Waals surface area contributed by atoms with E-state index >= 15 is 0 Å². The first-order valence-electron chi connectivity index (χ1n) is 7.71. The van der Waals surface area contributed by atoms with Crippen molar-refractivity contribution in [1.82, 2.24) is 0 Å². The van der Waals surface area contributed by atoms with Crippen LogP contribution < -0.4 is 0 Å². The first kappa shape index (κ1) is 16.3. The molecule has 0 aromatic heterocycles. The third-order valence-corrected chi connectivity index (χ3v) is 5.14. The van der Waals surface area contributed by atoms with E-state index in [0.717, 1.165) is 31.2 Å². The second-order valence-corrected chi connectivity index (χ2v) is 7.48. The number of fused-ring (bicyclic) bond motifs is 1. The Morgan fingerprint density at radius 3 is 1.68 bits per heavy atom. The van der Waals surface area contributed by atoms with Gasteiger partial charge in [-0.25, -0.2) is 4.79 Å². The fourth-order valence-corrected chi connectivity index (χ4v) is 3.44. The van der Waals surface area contributed by atoms with Gasteiger partial charge in [0.25, 0.3) is 0 Å². The van der Waals surface area contributed by atoms with Gasteiger partial charge in [0, 0.05) is 20.1 Å². The molecule has 122 valence electrons. The second kappa shape index (κ2) is 6.62. The summed E-state index contributed by atoms with van der Waals surface area (Å²) in [6, 6.07) is 23.5. The Morgan fingerprint density at radius 1 is 0.680 bits per heavy atom. The van der Waals surface area contributed by atoms with E-state index in [9.17, 15) is 4.79 Å². The minimum absolute atomic E-state index is 0.308. The maximum atomic E-state index is 12.3. The van der Waals surface area contributed by atoms with E-state index < -0.39 is 0 Å². The first-order chi connectivity index (χ1) is 12.1. The highest BCUT2D eigenvalue weighted by Crippen LogP contribution is 2.39. The van der Waals surface area contributed by atoms with Crippen molar-refractivity contribution in [2.75, 3.05) is 0 Å². The van der Waals surface area contributed by atoms with E-state index in [1.165, 1.54) is 0 Å². The molecule has 0 unspecified atom stereocenters. The highest BCUT2D eigenvalue weighted by Gasteiger charge is 2.29. The van der Waals surface area contributed by atoms with Crippen LogP contribution in [0.25, 0.3) is 11.3 Å². The molecule has 0 atom stereocenters. The number of cyclic esters (lactones) is 1. The molecule has 4 rings (SSSR count). The van der Waals surface area contributed by atoms with Crippen molar-refractivity contribution in [3.8, 4) is 0 Å². The molecule has 2 nitrogen and oxygen atoms in total. The number of esters is 1. The molecule has 0 radical (unpaired) electrons. The number of hydrogen-bond acceptors (Lipinski definition) is 2. The largest absolute Gasteiger partial charge is 0.422 e. The van der Waals surface area contributed by atoms with Gasteiger partial charge in [0.15, 0.2) is 0 Å². The van der Waals surface area contributed by atoms with Gasteiger partial charge in [0.05, 0.1) is 5.56 Å². The van der Waals surface area contributed by atoms with E-state index in [1.807, 2.05) is 66.7 Å². The Bertz CT molecular complexity index is 940. The fraction of sp³-hybridized carbons (Fsp3) is 0. The van der Waals surface area contributed by atoms with E-state index in [4.69, 9.17) is 4.74 Å². The van der Waals surface area contributed by atoms with Crippen LogP contribution in [-0.4, -0.2) is 5.97 Å². The number of ether oxygens (including phenoxy) is 1. The zero-order valence-electron chi connectivity index (χ0n) is 13.0. The van der Waals surface area contributed by atoms with Gasteiger partial charge >= 0.3 is 5.97 Å². The van der Waals surface area contributed by atoms with Gasteiger partial charge in [-0.3, -0.25) is 0 Å². The van der Waals surface area contributed by atoms with Crippen molar-refractivity contribution in [3.05, 3.63) is 104 Å². The summed E-state index contributed by atoms with van der Waals surface area (Å²) in [5.74, 6) is 0.294. The monoisotopic (exact) mass is 454 g/mol. The molecule has 0 N–H and O–H groups in total. The van der Waals surface area contributed by atoms with Crippen LogP contribution in [0.3, 0.4) is 0 Å².